The standard InChI is InChI=1S/C16H18FN3S/c1-2-18-16-20(19-12-7-3-4-8-12)15(11-21-16)13-9-5-6-10-14(13)17/h5-6,9-11H,2-4,7-8H2,1H3. The minimum Gasteiger partial charge on any atom is -0.258 e. The molecule has 21 heavy (non-hydrogen) atoms. The van der Waals surface area contributed by atoms with Gasteiger partial charge < -0.3 is 0 Å². The summed E-state index contributed by atoms with van der Waals surface area (Å²) in [4.78, 5) is 5.31. The first-order chi connectivity index (χ1) is 10.3. The van der Waals surface area contributed by atoms with E-state index < -0.39 is 0 Å². The lowest BCUT2D eigenvalue weighted by atomic mass is 10.1. The monoisotopic (exact) mass is 303 g/mol. The van der Waals surface area contributed by atoms with E-state index in [2.05, 4.69) is 4.99 Å². The summed E-state index contributed by atoms with van der Waals surface area (Å²) in [7, 11) is 0. The van der Waals surface area contributed by atoms with Crippen molar-refractivity contribution in [3.05, 3.63) is 40.3 Å². The molecule has 2 aromatic rings. The minimum absolute atomic E-state index is 0.223. The van der Waals surface area contributed by atoms with Gasteiger partial charge in [0.1, 0.15) is 5.82 Å². The summed E-state index contributed by atoms with van der Waals surface area (Å²) in [5.74, 6) is -0.223. The first-order valence-corrected chi connectivity index (χ1v) is 8.20. The smallest absolute Gasteiger partial charge is 0.206 e. The third kappa shape index (κ3) is 2.97. The number of halogens is 1. The molecule has 0 spiro atoms. The summed E-state index contributed by atoms with van der Waals surface area (Å²) in [6, 6.07) is 6.82. The molecule has 1 aromatic carbocycles. The van der Waals surface area contributed by atoms with Gasteiger partial charge in [-0.1, -0.05) is 12.1 Å². The molecule has 0 N–H and O–H groups in total. The van der Waals surface area contributed by atoms with Crippen LogP contribution < -0.4 is 4.80 Å². The maximum atomic E-state index is 14.1. The zero-order chi connectivity index (χ0) is 14.7. The van der Waals surface area contributed by atoms with Gasteiger partial charge in [-0.2, -0.15) is 5.10 Å². The van der Waals surface area contributed by atoms with Crippen LogP contribution in [0.15, 0.2) is 39.7 Å². The van der Waals surface area contributed by atoms with Crippen molar-refractivity contribution in [1.29, 1.82) is 0 Å². The maximum absolute atomic E-state index is 14.1. The van der Waals surface area contributed by atoms with Crippen LogP contribution in [-0.2, 0) is 0 Å². The van der Waals surface area contributed by atoms with Crippen molar-refractivity contribution in [3.63, 3.8) is 0 Å². The first-order valence-electron chi connectivity index (χ1n) is 7.32. The maximum Gasteiger partial charge on any atom is 0.206 e. The fourth-order valence-electron chi connectivity index (χ4n) is 2.52. The minimum atomic E-state index is -0.223. The Bertz CT molecular complexity index is 719. The molecule has 1 saturated carbocycles. The van der Waals surface area contributed by atoms with Crippen molar-refractivity contribution in [3.8, 4) is 11.3 Å². The van der Waals surface area contributed by atoms with Crippen molar-refractivity contribution < 1.29 is 4.39 Å². The highest BCUT2D eigenvalue weighted by molar-refractivity contribution is 7.07. The summed E-state index contributed by atoms with van der Waals surface area (Å²) in [6.07, 6.45) is 4.45. The molecular formula is C16H18FN3S. The Hall–Kier alpha value is -1.75. The molecule has 0 unspecified atom stereocenters. The van der Waals surface area contributed by atoms with Crippen LogP contribution in [0.4, 0.5) is 4.39 Å². The average molecular weight is 303 g/mol. The van der Waals surface area contributed by atoms with Gasteiger partial charge >= 0.3 is 0 Å². The number of nitrogens with zero attached hydrogens (tertiary/aromatic N) is 3. The van der Waals surface area contributed by atoms with Crippen LogP contribution in [0.1, 0.15) is 32.6 Å². The molecule has 0 radical (unpaired) electrons. The highest BCUT2D eigenvalue weighted by atomic mass is 32.1. The summed E-state index contributed by atoms with van der Waals surface area (Å²) in [5.41, 5.74) is 2.54. The van der Waals surface area contributed by atoms with Crippen LogP contribution >= 0.6 is 11.3 Å². The van der Waals surface area contributed by atoms with Gasteiger partial charge in [-0.3, -0.25) is 4.99 Å². The molecule has 0 atom stereocenters. The van der Waals surface area contributed by atoms with E-state index in [0.717, 1.165) is 23.3 Å². The van der Waals surface area contributed by atoms with Gasteiger partial charge in [0.05, 0.1) is 5.69 Å². The Morgan fingerprint density at radius 1 is 1.24 bits per heavy atom. The molecule has 1 heterocycles. The summed E-state index contributed by atoms with van der Waals surface area (Å²) < 4.78 is 15.9. The fraction of sp³-hybridized carbons (Fsp3) is 0.375. The molecule has 1 aliphatic rings. The fourth-order valence-corrected chi connectivity index (χ4v) is 3.41. The van der Waals surface area contributed by atoms with Gasteiger partial charge in [0.2, 0.25) is 4.80 Å². The summed E-state index contributed by atoms with van der Waals surface area (Å²) in [6.45, 7) is 2.69. The van der Waals surface area contributed by atoms with Gasteiger partial charge in [0.25, 0.3) is 0 Å². The Morgan fingerprint density at radius 3 is 2.71 bits per heavy atom. The predicted octanol–water partition coefficient (Wildman–Crippen LogP) is 4.05. The lowest BCUT2D eigenvalue weighted by molar-refractivity contribution is 0.629. The van der Waals surface area contributed by atoms with Gasteiger partial charge in [-0.15, -0.1) is 11.3 Å². The third-order valence-corrected chi connectivity index (χ3v) is 4.40. The number of hydrogen-bond acceptors (Lipinski definition) is 3. The van der Waals surface area contributed by atoms with Gasteiger partial charge in [0.15, 0.2) is 0 Å². The third-order valence-electron chi connectivity index (χ3n) is 3.55. The lowest BCUT2D eigenvalue weighted by Crippen LogP contribution is -2.14. The van der Waals surface area contributed by atoms with E-state index in [9.17, 15) is 4.39 Å². The van der Waals surface area contributed by atoms with Crippen LogP contribution in [0.5, 0.6) is 0 Å². The number of rotatable bonds is 3. The van der Waals surface area contributed by atoms with E-state index in [1.807, 2.05) is 23.0 Å². The summed E-state index contributed by atoms with van der Waals surface area (Å²) in [5, 5.41) is 6.67. The quantitative estimate of drug-likeness (QED) is 0.818. The van der Waals surface area contributed by atoms with E-state index in [1.54, 1.807) is 12.1 Å². The second-order valence-corrected chi connectivity index (χ2v) is 5.88. The second kappa shape index (κ2) is 6.35. The Labute approximate surface area is 127 Å². The van der Waals surface area contributed by atoms with E-state index in [4.69, 9.17) is 5.10 Å². The summed E-state index contributed by atoms with van der Waals surface area (Å²) >= 11 is 1.51. The number of benzene rings is 1. The molecule has 0 amide bonds. The lowest BCUT2D eigenvalue weighted by Gasteiger charge is -2.06. The van der Waals surface area contributed by atoms with Crippen LogP contribution in [0.3, 0.4) is 0 Å². The number of thiazole rings is 1. The SMILES string of the molecule is CCN=c1scc(-c2ccccc2F)n1N=C1CCCC1. The van der Waals surface area contributed by atoms with Crippen molar-refractivity contribution in [2.24, 2.45) is 10.1 Å². The topological polar surface area (TPSA) is 29.6 Å². The van der Waals surface area contributed by atoms with E-state index in [0.29, 0.717) is 12.1 Å². The molecule has 3 rings (SSSR count). The van der Waals surface area contributed by atoms with Gasteiger partial charge in [0, 0.05) is 23.2 Å². The number of aromatic nitrogens is 1. The zero-order valence-corrected chi connectivity index (χ0v) is 12.9. The molecular weight excluding hydrogens is 285 g/mol. The van der Waals surface area contributed by atoms with Crippen LogP contribution in [0.25, 0.3) is 11.3 Å². The highest BCUT2D eigenvalue weighted by Crippen LogP contribution is 2.24. The molecule has 0 saturated heterocycles. The highest BCUT2D eigenvalue weighted by Gasteiger charge is 2.14. The normalized spacial score (nSPS) is 15.7. The van der Waals surface area contributed by atoms with E-state index in [-0.39, 0.29) is 5.82 Å². The molecule has 110 valence electrons. The molecule has 1 fully saturated rings. The largest absolute Gasteiger partial charge is 0.258 e. The van der Waals surface area contributed by atoms with Crippen LogP contribution in [-0.4, -0.2) is 16.9 Å². The van der Waals surface area contributed by atoms with Crippen LogP contribution in [0.2, 0.25) is 0 Å². The Morgan fingerprint density at radius 2 is 2.00 bits per heavy atom. The molecule has 5 heteroatoms. The Kier molecular flexibility index (Phi) is 4.29. The first kappa shape index (κ1) is 14.2. The zero-order valence-electron chi connectivity index (χ0n) is 12.1. The average Bonchev–Trinajstić information content (AvgIpc) is 3.12. The van der Waals surface area contributed by atoms with Crippen molar-refractivity contribution >= 4 is 17.0 Å². The molecule has 3 nitrogen and oxygen atoms in total. The van der Waals surface area contributed by atoms with Gasteiger partial charge in [-0.25, -0.2) is 9.07 Å². The van der Waals surface area contributed by atoms with Crippen molar-refractivity contribution in [2.45, 2.75) is 32.6 Å². The van der Waals surface area contributed by atoms with Crippen molar-refractivity contribution in [2.75, 3.05) is 6.54 Å². The second-order valence-electron chi connectivity index (χ2n) is 5.04. The van der Waals surface area contributed by atoms with Gasteiger partial charge in [-0.05, 0) is 44.7 Å². The molecule has 1 aliphatic carbocycles. The molecule has 1 aromatic heterocycles. The van der Waals surface area contributed by atoms with E-state index in [1.165, 1.54) is 36.0 Å². The molecule has 0 bridgehead atoms. The molecule has 0 aliphatic heterocycles. The van der Waals surface area contributed by atoms with Crippen LogP contribution in [0, 0.1) is 5.82 Å². The Balaban J connectivity index is 2.15. The predicted molar refractivity (Wildman–Crippen MR) is 85.1 cm³/mol. The van der Waals surface area contributed by atoms with Crippen molar-refractivity contribution in [1.82, 2.24) is 4.68 Å². The number of hydrogen-bond donors (Lipinski definition) is 0. The van der Waals surface area contributed by atoms with E-state index >= 15 is 0 Å².